The highest BCUT2D eigenvalue weighted by Crippen LogP contribution is 2.48. The Bertz CT molecular complexity index is 1470. The average molecular weight is 470 g/mol. The van der Waals surface area contributed by atoms with Crippen LogP contribution in [0.5, 0.6) is 0 Å². The molecule has 4 aromatic rings. The Hall–Kier alpha value is -3.72. The molecule has 0 spiro atoms. The highest BCUT2D eigenvalue weighted by atomic mass is 16.5. The number of rotatable bonds is 5. The number of amides is 1. The number of carbonyl (C=O) groups is 1. The Morgan fingerprint density at radius 2 is 1.86 bits per heavy atom. The van der Waals surface area contributed by atoms with Crippen LogP contribution in [-0.4, -0.2) is 48.6 Å². The number of aryl methyl sites for hydroxylation is 2. The molecule has 1 aromatic carbocycles. The molecule has 0 bridgehead atoms. The van der Waals surface area contributed by atoms with Gasteiger partial charge in [-0.1, -0.05) is 13.0 Å². The van der Waals surface area contributed by atoms with Crippen LogP contribution < -0.4 is 5.32 Å². The lowest BCUT2D eigenvalue weighted by Gasteiger charge is -2.42. The normalized spacial score (nSPS) is 20.5. The summed E-state index contributed by atoms with van der Waals surface area (Å²) in [6, 6.07) is 6.03. The molecule has 9 nitrogen and oxygen atoms in total. The number of fused-ring (bicyclic) bond motifs is 2. The third kappa shape index (κ3) is 3.33. The van der Waals surface area contributed by atoms with Crippen molar-refractivity contribution in [1.29, 1.82) is 0 Å². The largest absolute Gasteiger partial charge is 0.380 e. The Balaban J connectivity index is 1.48. The molecular formula is C26H27N7O2. The van der Waals surface area contributed by atoms with E-state index in [-0.39, 0.29) is 11.3 Å². The molecule has 3 aromatic heterocycles. The molecule has 5 heterocycles. The number of benzene rings is 1. The topological polar surface area (TPSA) is 108 Å². The smallest absolute Gasteiger partial charge is 0.234 e. The van der Waals surface area contributed by atoms with Crippen molar-refractivity contribution >= 4 is 22.8 Å². The summed E-state index contributed by atoms with van der Waals surface area (Å²) >= 11 is 0. The quantitative estimate of drug-likeness (QED) is 0.472. The molecule has 35 heavy (non-hydrogen) atoms. The fourth-order valence-corrected chi connectivity index (χ4v) is 5.40. The van der Waals surface area contributed by atoms with Crippen LogP contribution in [0.15, 0.2) is 36.9 Å². The monoisotopic (exact) mass is 469 g/mol. The predicted molar refractivity (Wildman–Crippen MR) is 132 cm³/mol. The molecule has 178 valence electrons. The first kappa shape index (κ1) is 21.8. The van der Waals surface area contributed by atoms with E-state index in [4.69, 9.17) is 9.72 Å². The summed E-state index contributed by atoms with van der Waals surface area (Å²) in [5.41, 5.74) is 5.14. The molecule has 0 radical (unpaired) electrons. The van der Waals surface area contributed by atoms with Crippen molar-refractivity contribution in [3.63, 3.8) is 0 Å². The van der Waals surface area contributed by atoms with Crippen LogP contribution in [0, 0.1) is 12.3 Å². The number of imidazole rings is 1. The van der Waals surface area contributed by atoms with Crippen molar-refractivity contribution in [3.05, 3.63) is 48.3 Å². The van der Waals surface area contributed by atoms with Crippen LogP contribution in [0.3, 0.4) is 0 Å². The third-order valence-electron chi connectivity index (χ3n) is 7.21. The van der Waals surface area contributed by atoms with Crippen LogP contribution in [0.4, 0.5) is 5.69 Å². The summed E-state index contributed by atoms with van der Waals surface area (Å²) in [6.45, 7) is 10.2. The van der Waals surface area contributed by atoms with Crippen LogP contribution in [0.2, 0.25) is 0 Å². The maximum absolute atomic E-state index is 13.1. The fraction of sp³-hybridized carbons (Fsp3) is 0.385. The SMILES string of the molecule is CCn1c(-c2cnc(C)nc2)nc2c(-c3ccc4c(c3)C(C)(CC3(C)COC3)C(=O)N4)ncnc21. The van der Waals surface area contributed by atoms with Gasteiger partial charge in [-0.25, -0.2) is 24.9 Å². The Labute approximate surface area is 203 Å². The van der Waals surface area contributed by atoms with E-state index >= 15 is 0 Å². The fourth-order valence-electron chi connectivity index (χ4n) is 5.40. The number of anilines is 1. The zero-order valence-corrected chi connectivity index (χ0v) is 20.3. The van der Waals surface area contributed by atoms with Crippen LogP contribution in [0.1, 0.15) is 38.6 Å². The summed E-state index contributed by atoms with van der Waals surface area (Å²) in [5, 5.41) is 3.08. The van der Waals surface area contributed by atoms with Gasteiger partial charge in [-0.3, -0.25) is 4.79 Å². The Morgan fingerprint density at radius 1 is 1.09 bits per heavy atom. The number of carbonyl (C=O) groups excluding carboxylic acids is 1. The molecule has 1 fully saturated rings. The van der Waals surface area contributed by atoms with Gasteiger partial charge in [-0.2, -0.15) is 0 Å². The van der Waals surface area contributed by atoms with Crippen molar-refractivity contribution in [1.82, 2.24) is 29.5 Å². The van der Waals surface area contributed by atoms with E-state index < -0.39 is 5.41 Å². The number of nitrogens with zero attached hydrogens (tertiary/aromatic N) is 6. The molecular weight excluding hydrogens is 442 g/mol. The van der Waals surface area contributed by atoms with Gasteiger partial charge in [0.05, 0.1) is 24.2 Å². The standard InChI is InChI=1S/C26H27N7O2/c1-5-33-22(17-9-27-15(2)28-10-17)32-21-20(29-14-30-23(21)33)16-6-7-19-18(8-16)26(4,24(34)31-19)11-25(3)12-35-13-25/h6-10,14H,5,11-13H2,1-4H3,(H,31,34). The van der Waals surface area contributed by atoms with Crippen molar-refractivity contribution in [2.75, 3.05) is 18.5 Å². The van der Waals surface area contributed by atoms with Crippen LogP contribution in [-0.2, 0) is 21.5 Å². The Morgan fingerprint density at radius 3 is 2.54 bits per heavy atom. The van der Waals surface area contributed by atoms with E-state index in [1.165, 1.54) is 0 Å². The first-order valence-electron chi connectivity index (χ1n) is 11.9. The molecule has 6 rings (SSSR count). The van der Waals surface area contributed by atoms with Gasteiger partial charge in [0.15, 0.2) is 5.65 Å². The lowest BCUT2D eigenvalue weighted by atomic mass is 9.69. The molecule has 9 heteroatoms. The lowest BCUT2D eigenvalue weighted by molar-refractivity contribution is -0.133. The van der Waals surface area contributed by atoms with Crippen molar-refractivity contribution < 1.29 is 9.53 Å². The van der Waals surface area contributed by atoms with E-state index in [2.05, 4.69) is 49.7 Å². The average Bonchev–Trinajstić information content (AvgIpc) is 3.33. The summed E-state index contributed by atoms with van der Waals surface area (Å²) < 4.78 is 7.51. The zero-order valence-electron chi connectivity index (χ0n) is 20.3. The number of hydrogen-bond acceptors (Lipinski definition) is 7. The molecule has 1 saturated heterocycles. The zero-order chi connectivity index (χ0) is 24.4. The van der Waals surface area contributed by atoms with E-state index in [1.807, 2.05) is 26.0 Å². The van der Waals surface area contributed by atoms with Gasteiger partial charge in [-0.15, -0.1) is 0 Å². The minimum absolute atomic E-state index is 0.00317. The molecule has 0 aliphatic carbocycles. The molecule has 2 aliphatic heterocycles. The minimum Gasteiger partial charge on any atom is -0.380 e. The molecule has 2 aliphatic rings. The first-order valence-corrected chi connectivity index (χ1v) is 11.9. The van der Waals surface area contributed by atoms with Gasteiger partial charge < -0.3 is 14.6 Å². The second kappa shape index (κ2) is 7.64. The molecule has 1 atom stereocenters. The number of aromatic nitrogens is 6. The van der Waals surface area contributed by atoms with Crippen LogP contribution >= 0.6 is 0 Å². The van der Waals surface area contributed by atoms with Gasteiger partial charge in [0, 0.05) is 35.6 Å². The molecule has 1 unspecified atom stereocenters. The number of nitrogens with one attached hydrogen (secondary N) is 1. The van der Waals surface area contributed by atoms with Gasteiger partial charge in [0.25, 0.3) is 0 Å². The predicted octanol–water partition coefficient (Wildman–Crippen LogP) is 3.92. The van der Waals surface area contributed by atoms with Gasteiger partial charge in [0.1, 0.15) is 29.2 Å². The Kier molecular flexibility index (Phi) is 4.76. The second-order valence-corrected chi connectivity index (χ2v) is 10.1. The minimum atomic E-state index is -0.636. The second-order valence-electron chi connectivity index (χ2n) is 10.1. The van der Waals surface area contributed by atoms with Crippen molar-refractivity contribution in [2.24, 2.45) is 5.41 Å². The number of ether oxygens (including phenoxy) is 1. The van der Waals surface area contributed by atoms with Crippen LogP contribution in [0.25, 0.3) is 33.8 Å². The summed E-state index contributed by atoms with van der Waals surface area (Å²) in [7, 11) is 0. The lowest BCUT2D eigenvalue weighted by Crippen LogP contribution is -2.47. The molecule has 1 amide bonds. The molecule has 1 N–H and O–H groups in total. The van der Waals surface area contributed by atoms with Gasteiger partial charge in [-0.05, 0) is 44.9 Å². The number of hydrogen-bond donors (Lipinski definition) is 1. The van der Waals surface area contributed by atoms with Gasteiger partial charge >= 0.3 is 0 Å². The highest BCUT2D eigenvalue weighted by molar-refractivity contribution is 6.06. The van der Waals surface area contributed by atoms with E-state index in [9.17, 15) is 4.79 Å². The third-order valence-corrected chi connectivity index (χ3v) is 7.21. The summed E-state index contributed by atoms with van der Waals surface area (Å²) in [6.07, 6.45) is 5.87. The maximum atomic E-state index is 13.1. The van der Waals surface area contributed by atoms with E-state index in [0.29, 0.717) is 31.1 Å². The van der Waals surface area contributed by atoms with E-state index in [0.717, 1.165) is 46.0 Å². The molecule has 0 saturated carbocycles. The summed E-state index contributed by atoms with van der Waals surface area (Å²) in [5.74, 6) is 1.49. The maximum Gasteiger partial charge on any atom is 0.234 e. The van der Waals surface area contributed by atoms with Crippen molar-refractivity contribution in [2.45, 2.75) is 46.1 Å². The van der Waals surface area contributed by atoms with E-state index in [1.54, 1.807) is 18.7 Å². The van der Waals surface area contributed by atoms with Gasteiger partial charge in [0.2, 0.25) is 5.91 Å². The first-order chi connectivity index (χ1) is 16.8. The highest BCUT2D eigenvalue weighted by Gasteiger charge is 2.49. The van der Waals surface area contributed by atoms with Crippen molar-refractivity contribution in [3.8, 4) is 22.6 Å². The summed E-state index contributed by atoms with van der Waals surface area (Å²) in [4.78, 5) is 35.9.